The average molecular weight is 496 g/mol. The molecule has 8 heteroatoms. The highest BCUT2D eigenvalue weighted by Gasteiger charge is 2.12. The van der Waals surface area contributed by atoms with Crippen LogP contribution in [0.15, 0.2) is 66.4 Å². The molecule has 3 heterocycles. The van der Waals surface area contributed by atoms with Gasteiger partial charge in [-0.25, -0.2) is 24.9 Å². The maximum Gasteiger partial charge on any atom is 0.225 e. The first kappa shape index (κ1) is 23.8. The number of aromatic nitrogens is 5. The summed E-state index contributed by atoms with van der Waals surface area (Å²) in [7, 11) is 0. The van der Waals surface area contributed by atoms with Crippen molar-refractivity contribution in [3.63, 3.8) is 0 Å². The van der Waals surface area contributed by atoms with Gasteiger partial charge in [-0.15, -0.1) is 11.3 Å². The summed E-state index contributed by atoms with van der Waals surface area (Å²) >= 11 is 1.63. The molecule has 36 heavy (non-hydrogen) atoms. The Hall–Kier alpha value is -3.91. The fraction of sp³-hybridized carbons (Fsp3) is 0.250. The normalized spacial score (nSPS) is 12.0. The summed E-state index contributed by atoms with van der Waals surface area (Å²) in [4.78, 5) is 25.0. The van der Waals surface area contributed by atoms with Crippen LogP contribution in [-0.4, -0.2) is 38.0 Å². The molecule has 182 valence electrons. The lowest BCUT2D eigenvalue weighted by Gasteiger charge is -2.19. The van der Waals surface area contributed by atoms with E-state index in [1.165, 1.54) is 0 Å². The molecule has 0 spiro atoms. The second kappa shape index (κ2) is 10.4. The molecule has 5 rings (SSSR count). The van der Waals surface area contributed by atoms with Gasteiger partial charge in [0.2, 0.25) is 5.95 Å². The summed E-state index contributed by atoms with van der Waals surface area (Å²) in [5.41, 5.74) is 8.07. The highest BCUT2D eigenvalue weighted by Crippen LogP contribution is 2.28. The highest BCUT2D eigenvalue weighted by molar-refractivity contribution is 7.16. The Balaban J connectivity index is 1.36. The van der Waals surface area contributed by atoms with Crippen LogP contribution in [0.5, 0.6) is 0 Å². The van der Waals surface area contributed by atoms with E-state index in [1.807, 2.05) is 37.0 Å². The summed E-state index contributed by atoms with van der Waals surface area (Å²) in [6.07, 6.45) is 3.80. The minimum absolute atomic E-state index is 0.0481. The molecule has 0 saturated carbocycles. The van der Waals surface area contributed by atoms with E-state index in [-0.39, 0.29) is 6.04 Å². The van der Waals surface area contributed by atoms with E-state index in [4.69, 9.17) is 0 Å². The number of anilines is 2. The summed E-state index contributed by atoms with van der Waals surface area (Å²) in [5.74, 6) is 2.29. The topological polar surface area (TPSA) is 79.7 Å². The van der Waals surface area contributed by atoms with E-state index in [1.54, 1.807) is 11.3 Å². The first-order chi connectivity index (χ1) is 17.5. The smallest absolute Gasteiger partial charge is 0.225 e. The SMILES string of the molecule is CCN(CC)c1ncc(-c2cccc(C(C)Nc3cc(-c4ccc5ncsc5c4)nc(C)n3)c2)cn1. The molecule has 2 aromatic carbocycles. The summed E-state index contributed by atoms with van der Waals surface area (Å²) in [6.45, 7) is 10.1. The molecule has 0 fully saturated rings. The van der Waals surface area contributed by atoms with E-state index >= 15 is 0 Å². The first-order valence-electron chi connectivity index (χ1n) is 12.2. The number of fused-ring (bicyclic) bond motifs is 1. The summed E-state index contributed by atoms with van der Waals surface area (Å²) < 4.78 is 1.15. The minimum atomic E-state index is 0.0481. The van der Waals surface area contributed by atoms with E-state index in [9.17, 15) is 0 Å². The van der Waals surface area contributed by atoms with E-state index in [0.29, 0.717) is 0 Å². The number of rotatable bonds is 8. The van der Waals surface area contributed by atoms with Crippen molar-refractivity contribution < 1.29 is 0 Å². The lowest BCUT2D eigenvalue weighted by atomic mass is 10.0. The molecule has 3 aromatic heterocycles. The monoisotopic (exact) mass is 495 g/mol. The maximum absolute atomic E-state index is 4.68. The molecule has 1 N–H and O–H groups in total. The molecule has 1 atom stereocenters. The molecule has 0 aliphatic heterocycles. The van der Waals surface area contributed by atoms with Gasteiger partial charge in [-0.2, -0.15) is 0 Å². The zero-order valence-corrected chi connectivity index (χ0v) is 21.8. The van der Waals surface area contributed by atoms with Crippen molar-refractivity contribution in [1.82, 2.24) is 24.9 Å². The molecule has 0 amide bonds. The van der Waals surface area contributed by atoms with Gasteiger partial charge in [0.05, 0.1) is 21.4 Å². The van der Waals surface area contributed by atoms with Gasteiger partial charge in [0.1, 0.15) is 11.6 Å². The quantitative estimate of drug-likeness (QED) is 0.262. The van der Waals surface area contributed by atoms with Gasteiger partial charge in [-0.05, 0) is 57.0 Å². The van der Waals surface area contributed by atoms with E-state index in [0.717, 1.165) is 68.8 Å². The number of thiazole rings is 1. The molecule has 1 unspecified atom stereocenters. The molecular formula is C28H29N7S. The Kier molecular flexibility index (Phi) is 6.86. The van der Waals surface area contributed by atoms with Gasteiger partial charge in [-0.3, -0.25) is 0 Å². The van der Waals surface area contributed by atoms with Gasteiger partial charge in [-0.1, -0.05) is 24.3 Å². The maximum atomic E-state index is 4.68. The molecule has 7 nitrogen and oxygen atoms in total. The number of benzene rings is 2. The van der Waals surface area contributed by atoms with Gasteiger partial charge in [0.25, 0.3) is 0 Å². The number of hydrogen-bond donors (Lipinski definition) is 1. The summed E-state index contributed by atoms with van der Waals surface area (Å²) in [5, 5.41) is 3.56. The standard InChI is InChI=1S/C28H29N7S/c1-5-35(6-2)28-29-15-23(16-30-28)21-9-7-8-20(12-21)18(3)32-27-14-25(33-19(4)34-27)22-10-11-24-26(13-22)36-17-31-24/h7-18H,5-6H2,1-4H3,(H,32,33,34). The van der Waals surface area contributed by atoms with Crippen LogP contribution < -0.4 is 10.2 Å². The third-order valence-electron chi connectivity index (χ3n) is 6.23. The number of nitrogens with one attached hydrogen (secondary N) is 1. The molecule has 0 radical (unpaired) electrons. The Morgan fingerprint density at radius 3 is 2.47 bits per heavy atom. The van der Waals surface area contributed by atoms with Crippen molar-refractivity contribution in [2.45, 2.75) is 33.7 Å². The van der Waals surface area contributed by atoms with Gasteiger partial charge in [0.15, 0.2) is 0 Å². The van der Waals surface area contributed by atoms with Crippen molar-refractivity contribution in [3.8, 4) is 22.4 Å². The van der Waals surface area contributed by atoms with Gasteiger partial charge in [0, 0.05) is 48.7 Å². The predicted octanol–water partition coefficient (Wildman–Crippen LogP) is 6.54. The Labute approximate surface area is 215 Å². The van der Waals surface area contributed by atoms with Crippen molar-refractivity contribution >= 4 is 33.3 Å². The van der Waals surface area contributed by atoms with Gasteiger partial charge >= 0.3 is 0 Å². The Morgan fingerprint density at radius 1 is 0.889 bits per heavy atom. The lowest BCUT2D eigenvalue weighted by Crippen LogP contribution is -2.23. The molecule has 0 bridgehead atoms. The zero-order chi connectivity index (χ0) is 25.1. The summed E-state index contributed by atoms with van der Waals surface area (Å²) in [6, 6.07) is 16.8. The fourth-order valence-corrected chi connectivity index (χ4v) is 4.95. The number of hydrogen-bond acceptors (Lipinski definition) is 8. The van der Waals surface area contributed by atoms with Crippen molar-refractivity contribution in [1.29, 1.82) is 0 Å². The van der Waals surface area contributed by atoms with Gasteiger partial charge < -0.3 is 10.2 Å². The Bertz CT molecular complexity index is 1480. The highest BCUT2D eigenvalue weighted by atomic mass is 32.1. The molecule has 0 aliphatic carbocycles. The number of nitrogens with zero attached hydrogens (tertiary/aromatic N) is 6. The zero-order valence-electron chi connectivity index (χ0n) is 20.9. The first-order valence-corrected chi connectivity index (χ1v) is 13.0. The minimum Gasteiger partial charge on any atom is -0.363 e. The number of aryl methyl sites for hydroxylation is 1. The lowest BCUT2D eigenvalue weighted by molar-refractivity contribution is 0.821. The van der Waals surface area contributed by atoms with Crippen LogP contribution in [0.25, 0.3) is 32.6 Å². The molecule has 0 aliphatic rings. The van der Waals surface area contributed by atoms with Crippen LogP contribution in [0, 0.1) is 6.92 Å². The average Bonchev–Trinajstić information content (AvgIpc) is 3.38. The van der Waals surface area contributed by atoms with Crippen molar-refractivity contribution in [2.75, 3.05) is 23.3 Å². The second-order valence-electron chi connectivity index (χ2n) is 8.66. The molecule has 0 saturated heterocycles. The largest absolute Gasteiger partial charge is 0.363 e. The van der Waals surface area contributed by atoms with Crippen LogP contribution in [-0.2, 0) is 0 Å². The van der Waals surface area contributed by atoms with Crippen molar-refractivity contribution in [2.24, 2.45) is 0 Å². The van der Waals surface area contributed by atoms with Crippen LogP contribution in [0.2, 0.25) is 0 Å². The van der Waals surface area contributed by atoms with Crippen molar-refractivity contribution in [3.05, 3.63) is 77.8 Å². The third kappa shape index (κ3) is 5.04. The van der Waals surface area contributed by atoms with E-state index < -0.39 is 0 Å². The van der Waals surface area contributed by atoms with Crippen LogP contribution in [0.3, 0.4) is 0 Å². The van der Waals surface area contributed by atoms with Crippen LogP contribution in [0.1, 0.15) is 38.2 Å². The third-order valence-corrected chi connectivity index (χ3v) is 7.03. The second-order valence-corrected chi connectivity index (χ2v) is 9.54. The predicted molar refractivity (Wildman–Crippen MR) is 148 cm³/mol. The van der Waals surface area contributed by atoms with Crippen LogP contribution in [0.4, 0.5) is 11.8 Å². The van der Waals surface area contributed by atoms with E-state index in [2.05, 4.69) is 92.3 Å². The fourth-order valence-electron chi connectivity index (χ4n) is 4.24. The molecule has 5 aromatic rings. The Morgan fingerprint density at radius 2 is 1.69 bits per heavy atom. The van der Waals surface area contributed by atoms with Crippen LogP contribution >= 0.6 is 11.3 Å². The molecular weight excluding hydrogens is 466 g/mol.